The van der Waals surface area contributed by atoms with Crippen LogP contribution in [-0.2, 0) is 4.74 Å². The first-order chi connectivity index (χ1) is 7.18. The van der Waals surface area contributed by atoms with Crippen LogP contribution in [0.2, 0.25) is 5.02 Å². The first kappa shape index (κ1) is 11.4. The normalized spacial score (nSPS) is 25.4. The number of hydrogen-bond acceptors (Lipinski definition) is 4. The van der Waals surface area contributed by atoms with E-state index in [2.05, 4.69) is 4.90 Å². The summed E-state index contributed by atoms with van der Waals surface area (Å²) in [5, 5.41) is 12.6. The molecule has 2 rings (SSSR count). The average molecular weight is 248 g/mol. The quantitative estimate of drug-likeness (QED) is 0.865. The maximum Gasteiger partial charge on any atom is 0.117 e. The van der Waals surface area contributed by atoms with Gasteiger partial charge in [0.2, 0.25) is 0 Å². The second-order valence-corrected chi connectivity index (χ2v) is 5.10. The highest BCUT2D eigenvalue weighted by atomic mass is 35.5. The molecule has 0 radical (unpaired) electrons. The first-order valence-corrected chi connectivity index (χ1v) is 6.15. The first-order valence-electron chi connectivity index (χ1n) is 4.89. The molecule has 0 saturated carbocycles. The van der Waals surface area contributed by atoms with Crippen LogP contribution in [0.15, 0.2) is 11.4 Å². The topological polar surface area (TPSA) is 32.7 Å². The molecular formula is C10H14ClNO2S. The van der Waals surface area contributed by atoms with Crippen molar-refractivity contribution in [1.29, 1.82) is 0 Å². The summed E-state index contributed by atoms with van der Waals surface area (Å²) < 4.78 is 5.55. The largest absolute Gasteiger partial charge is 0.385 e. The molecule has 15 heavy (non-hydrogen) atoms. The summed E-state index contributed by atoms with van der Waals surface area (Å²) in [7, 11) is 2.03. The van der Waals surface area contributed by atoms with Gasteiger partial charge in [0.1, 0.15) is 12.2 Å². The highest BCUT2D eigenvalue weighted by Crippen LogP contribution is 2.32. The van der Waals surface area contributed by atoms with Crippen LogP contribution in [-0.4, -0.2) is 42.9 Å². The Hall–Kier alpha value is -0.130. The minimum Gasteiger partial charge on any atom is -0.385 e. The lowest BCUT2D eigenvalue weighted by atomic mass is 10.1. The minimum atomic E-state index is -0.611. The number of thiophene rings is 1. The number of rotatable bonds is 2. The number of halogens is 1. The molecule has 2 unspecified atom stereocenters. The van der Waals surface area contributed by atoms with Gasteiger partial charge in [-0.25, -0.2) is 0 Å². The summed E-state index contributed by atoms with van der Waals surface area (Å²) in [6.07, 6.45) is -0.778. The van der Waals surface area contributed by atoms with Gasteiger partial charge in [0.05, 0.1) is 16.5 Å². The molecule has 1 saturated heterocycles. The van der Waals surface area contributed by atoms with Gasteiger partial charge in [0, 0.05) is 13.1 Å². The van der Waals surface area contributed by atoms with Crippen LogP contribution in [0.4, 0.5) is 0 Å². The Kier molecular flexibility index (Phi) is 3.64. The van der Waals surface area contributed by atoms with E-state index in [4.69, 9.17) is 16.3 Å². The summed E-state index contributed by atoms with van der Waals surface area (Å²) >= 11 is 7.44. The number of hydrogen-bond donors (Lipinski definition) is 1. The molecule has 1 aromatic heterocycles. The zero-order valence-corrected chi connectivity index (χ0v) is 10.1. The molecule has 1 N–H and O–H groups in total. The van der Waals surface area contributed by atoms with Crippen molar-refractivity contribution >= 4 is 22.9 Å². The summed E-state index contributed by atoms with van der Waals surface area (Å²) in [6.45, 7) is 2.33. The lowest BCUT2D eigenvalue weighted by molar-refractivity contribution is -0.0833. The van der Waals surface area contributed by atoms with Crippen molar-refractivity contribution in [2.75, 3.05) is 26.7 Å². The van der Waals surface area contributed by atoms with E-state index >= 15 is 0 Å². The molecular weight excluding hydrogens is 234 g/mol. The van der Waals surface area contributed by atoms with Crippen molar-refractivity contribution in [3.05, 3.63) is 21.3 Å². The van der Waals surface area contributed by atoms with Gasteiger partial charge >= 0.3 is 0 Å². The molecule has 0 bridgehead atoms. The van der Waals surface area contributed by atoms with Gasteiger partial charge < -0.3 is 14.7 Å². The molecule has 0 aromatic carbocycles. The number of nitrogens with zero attached hydrogens (tertiary/aromatic N) is 1. The standard InChI is InChI=1S/C10H14ClNO2S/c1-12-3-4-14-8(6-12)9(13)10-7(11)2-5-15-10/h2,5,8-9,13H,3-4,6H2,1H3. The lowest BCUT2D eigenvalue weighted by Crippen LogP contribution is -2.42. The van der Waals surface area contributed by atoms with Crippen molar-refractivity contribution in [3.63, 3.8) is 0 Å². The molecule has 84 valence electrons. The van der Waals surface area contributed by atoms with Crippen LogP contribution in [0.5, 0.6) is 0 Å². The Labute approximate surface area is 98.2 Å². The number of morpholine rings is 1. The zero-order chi connectivity index (χ0) is 10.8. The van der Waals surface area contributed by atoms with Gasteiger partial charge in [-0.2, -0.15) is 0 Å². The van der Waals surface area contributed by atoms with Gasteiger partial charge in [0.15, 0.2) is 0 Å². The van der Waals surface area contributed by atoms with Crippen LogP contribution in [0.1, 0.15) is 11.0 Å². The van der Waals surface area contributed by atoms with E-state index in [1.54, 1.807) is 6.07 Å². The Morgan fingerprint density at radius 1 is 1.73 bits per heavy atom. The minimum absolute atomic E-state index is 0.167. The monoisotopic (exact) mass is 247 g/mol. The Morgan fingerprint density at radius 3 is 3.13 bits per heavy atom. The number of aliphatic hydroxyl groups excluding tert-OH is 1. The molecule has 1 aliphatic rings. The summed E-state index contributed by atoms with van der Waals surface area (Å²) in [5.41, 5.74) is 0. The molecule has 1 aliphatic heterocycles. The molecule has 2 heterocycles. The molecule has 1 aromatic rings. The number of aliphatic hydroxyl groups is 1. The average Bonchev–Trinajstić information content (AvgIpc) is 2.63. The van der Waals surface area contributed by atoms with E-state index in [1.165, 1.54) is 11.3 Å². The van der Waals surface area contributed by atoms with Crippen LogP contribution in [0.3, 0.4) is 0 Å². The SMILES string of the molecule is CN1CCOC(C(O)c2sccc2Cl)C1. The summed E-state index contributed by atoms with van der Waals surface area (Å²) in [4.78, 5) is 2.95. The Bertz CT molecular complexity index is 331. The van der Waals surface area contributed by atoms with Crippen LogP contribution in [0.25, 0.3) is 0 Å². The Morgan fingerprint density at radius 2 is 2.53 bits per heavy atom. The molecule has 0 spiro atoms. The fourth-order valence-electron chi connectivity index (χ4n) is 1.69. The van der Waals surface area contributed by atoms with E-state index in [0.717, 1.165) is 18.0 Å². The smallest absolute Gasteiger partial charge is 0.117 e. The maximum absolute atomic E-state index is 10.1. The zero-order valence-electron chi connectivity index (χ0n) is 8.52. The van der Waals surface area contributed by atoms with Crippen molar-refractivity contribution in [2.24, 2.45) is 0 Å². The summed E-state index contributed by atoms with van der Waals surface area (Å²) in [6, 6.07) is 1.80. The van der Waals surface area contributed by atoms with Crippen LogP contribution in [0, 0.1) is 0 Å². The predicted octanol–water partition coefficient (Wildman–Crippen LogP) is 1.77. The van der Waals surface area contributed by atoms with E-state index < -0.39 is 6.10 Å². The van der Waals surface area contributed by atoms with E-state index in [1.807, 2.05) is 12.4 Å². The second kappa shape index (κ2) is 4.80. The van der Waals surface area contributed by atoms with Gasteiger partial charge in [0.25, 0.3) is 0 Å². The molecule has 3 nitrogen and oxygen atoms in total. The van der Waals surface area contributed by atoms with Crippen molar-refractivity contribution in [3.8, 4) is 0 Å². The van der Waals surface area contributed by atoms with E-state index in [9.17, 15) is 5.11 Å². The molecule has 0 amide bonds. The highest BCUT2D eigenvalue weighted by molar-refractivity contribution is 7.10. The van der Waals surface area contributed by atoms with Crippen LogP contribution >= 0.6 is 22.9 Å². The summed E-state index contributed by atoms with van der Waals surface area (Å²) in [5.74, 6) is 0. The Balaban J connectivity index is 2.07. The van der Waals surface area contributed by atoms with Gasteiger partial charge in [-0.1, -0.05) is 11.6 Å². The molecule has 1 fully saturated rings. The number of ether oxygens (including phenoxy) is 1. The number of likely N-dealkylation sites (N-methyl/N-ethyl adjacent to an activating group) is 1. The fourth-order valence-corrected chi connectivity index (χ4v) is 2.89. The lowest BCUT2D eigenvalue weighted by Gasteiger charge is -2.32. The third-order valence-electron chi connectivity index (χ3n) is 2.56. The second-order valence-electron chi connectivity index (χ2n) is 3.75. The molecule has 2 atom stereocenters. The van der Waals surface area contributed by atoms with Crippen molar-refractivity contribution in [2.45, 2.75) is 12.2 Å². The third-order valence-corrected chi connectivity index (χ3v) is 3.99. The predicted molar refractivity (Wildman–Crippen MR) is 61.5 cm³/mol. The van der Waals surface area contributed by atoms with Crippen molar-refractivity contribution < 1.29 is 9.84 Å². The molecule has 5 heteroatoms. The van der Waals surface area contributed by atoms with E-state index in [-0.39, 0.29) is 6.10 Å². The maximum atomic E-state index is 10.1. The fraction of sp³-hybridized carbons (Fsp3) is 0.600. The van der Waals surface area contributed by atoms with Crippen molar-refractivity contribution in [1.82, 2.24) is 4.90 Å². The highest BCUT2D eigenvalue weighted by Gasteiger charge is 2.28. The van der Waals surface area contributed by atoms with Gasteiger partial charge in [-0.15, -0.1) is 11.3 Å². The molecule has 0 aliphatic carbocycles. The van der Waals surface area contributed by atoms with Crippen LogP contribution < -0.4 is 0 Å². The van der Waals surface area contributed by atoms with Gasteiger partial charge in [-0.3, -0.25) is 0 Å². The van der Waals surface area contributed by atoms with Gasteiger partial charge in [-0.05, 0) is 18.5 Å². The third kappa shape index (κ3) is 2.52. The van der Waals surface area contributed by atoms with E-state index in [0.29, 0.717) is 11.6 Å².